The van der Waals surface area contributed by atoms with Gasteiger partial charge in [0.1, 0.15) is 0 Å². The topological polar surface area (TPSA) is 91.9 Å². The number of rotatable bonds is 5. The molecule has 0 aliphatic carbocycles. The zero-order valence-corrected chi connectivity index (χ0v) is 9.68. The van der Waals surface area contributed by atoms with Gasteiger partial charge in [0, 0.05) is 12.2 Å². The fraction of sp³-hybridized carbons (Fsp3) is 0.273. The van der Waals surface area contributed by atoms with E-state index in [1.807, 2.05) is 13.8 Å². The molecule has 0 amide bonds. The lowest BCUT2D eigenvalue weighted by atomic mass is 10.2. The Balaban J connectivity index is 2.97. The standard InChI is InChI=1S/C11H14N4O2/c1-8(2)14-7-10(15(16)17)11(12)9-5-3-4-6-13-9/h3-8,12,14H,1-2H3/b10-7+,12-11?. The number of nitrogens with one attached hydrogen (secondary N) is 2. The molecule has 0 radical (unpaired) electrons. The monoisotopic (exact) mass is 234 g/mol. The van der Waals surface area contributed by atoms with Crippen molar-refractivity contribution in [2.45, 2.75) is 19.9 Å². The molecule has 0 aliphatic rings. The molecule has 0 unspecified atom stereocenters. The second kappa shape index (κ2) is 5.74. The van der Waals surface area contributed by atoms with Crippen LogP contribution in [0.4, 0.5) is 0 Å². The van der Waals surface area contributed by atoms with Crippen LogP contribution in [0.3, 0.4) is 0 Å². The number of nitrogens with zero attached hydrogens (tertiary/aromatic N) is 2. The summed E-state index contributed by atoms with van der Waals surface area (Å²) in [5.41, 5.74) is -0.220. The molecule has 17 heavy (non-hydrogen) atoms. The van der Waals surface area contributed by atoms with Gasteiger partial charge in [0.15, 0.2) is 5.71 Å². The van der Waals surface area contributed by atoms with E-state index in [9.17, 15) is 10.1 Å². The van der Waals surface area contributed by atoms with Gasteiger partial charge < -0.3 is 5.32 Å². The van der Waals surface area contributed by atoms with Gasteiger partial charge in [-0.1, -0.05) is 6.07 Å². The van der Waals surface area contributed by atoms with Crippen LogP contribution < -0.4 is 5.32 Å². The summed E-state index contributed by atoms with van der Waals surface area (Å²) in [6.07, 6.45) is 2.74. The smallest absolute Gasteiger partial charge is 0.311 e. The molecule has 0 saturated carbocycles. The number of hydrogen-bond donors (Lipinski definition) is 2. The van der Waals surface area contributed by atoms with Crippen molar-refractivity contribution in [2.24, 2.45) is 0 Å². The van der Waals surface area contributed by atoms with Gasteiger partial charge >= 0.3 is 5.70 Å². The van der Waals surface area contributed by atoms with E-state index in [1.54, 1.807) is 18.2 Å². The highest BCUT2D eigenvalue weighted by atomic mass is 16.6. The number of aromatic nitrogens is 1. The quantitative estimate of drug-likeness (QED) is 0.459. The van der Waals surface area contributed by atoms with Crippen molar-refractivity contribution < 1.29 is 4.92 Å². The molecule has 6 nitrogen and oxygen atoms in total. The lowest BCUT2D eigenvalue weighted by Crippen LogP contribution is -2.21. The van der Waals surface area contributed by atoms with Crippen molar-refractivity contribution in [2.75, 3.05) is 0 Å². The van der Waals surface area contributed by atoms with Gasteiger partial charge in [-0.3, -0.25) is 20.5 Å². The van der Waals surface area contributed by atoms with Gasteiger partial charge in [0.2, 0.25) is 0 Å². The van der Waals surface area contributed by atoms with Crippen LogP contribution >= 0.6 is 0 Å². The summed E-state index contributed by atoms with van der Waals surface area (Å²) >= 11 is 0. The predicted octanol–water partition coefficient (Wildman–Crippen LogP) is 1.57. The SMILES string of the molecule is CC(C)N/C=C(\C(=N)c1ccccn1)[N+](=O)[O-]. The Labute approximate surface area is 99.0 Å². The molecule has 0 aliphatic heterocycles. The number of allylic oxidation sites excluding steroid dienone is 1. The van der Waals surface area contributed by atoms with Crippen molar-refractivity contribution >= 4 is 5.71 Å². The molecule has 6 heteroatoms. The Kier molecular flexibility index (Phi) is 4.33. The Hall–Kier alpha value is -2.24. The van der Waals surface area contributed by atoms with E-state index >= 15 is 0 Å². The first-order valence-corrected chi connectivity index (χ1v) is 5.13. The minimum atomic E-state index is -0.591. The first-order chi connectivity index (χ1) is 8.02. The summed E-state index contributed by atoms with van der Waals surface area (Å²) in [6, 6.07) is 5.01. The number of hydrogen-bond acceptors (Lipinski definition) is 5. The van der Waals surface area contributed by atoms with Crippen molar-refractivity contribution in [3.05, 3.63) is 52.1 Å². The van der Waals surface area contributed by atoms with E-state index < -0.39 is 4.92 Å². The lowest BCUT2D eigenvalue weighted by molar-refractivity contribution is -0.415. The molecule has 0 aromatic carbocycles. The van der Waals surface area contributed by atoms with E-state index in [1.165, 1.54) is 12.4 Å². The van der Waals surface area contributed by atoms with Gasteiger partial charge in [-0.2, -0.15) is 0 Å². The van der Waals surface area contributed by atoms with Crippen molar-refractivity contribution in [1.29, 1.82) is 5.41 Å². The maximum atomic E-state index is 10.9. The van der Waals surface area contributed by atoms with E-state index in [2.05, 4.69) is 10.3 Å². The molecule has 1 rings (SSSR count). The molecule has 1 aromatic heterocycles. The first-order valence-electron chi connectivity index (χ1n) is 5.13. The third-order valence-corrected chi connectivity index (χ3v) is 1.93. The van der Waals surface area contributed by atoms with Crippen LogP contribution in [0, 0.1) is 15.5 Å². The van der Waals surface area contributed by atoms with E-state index in [0.29, 0.717) is 0 Å². The predicted molar refractivity (Wildman–Crippen MR) is 64.4 cm³/mol. The summed E-state index contributed by atoms with van der Waals surface area (Å²) in [5.74, 6) is 0. The molecule has 0 spiro atoms. The second-order valence-electron chi connectivity index (χ2n) is 3.70. The average molecular weight is 234 g/mol. The number of nitro groups is 1. The van der Waals surface area contributed by atoms with Gasteiger partial charge in [0.05, 0.1) is 16.8 Å². The Bertz CT molecular complexity index is 440. The average Bonchev–Trinajstić information content (AvgIpc) is 2.29. The molecular formula is C11H14N4O2. The third-order valence-electron chi connectivity index (χ3n) is 1.93. The molecule has 1 heterocycles. The summed E-state index contributed by atoms with van der Waals surface area (Å²) < 4.78 is 0. The Morgan fingerprint density at radius 2 is 2.29 bits per heavy atom. The molecule has 0 saturated heterocycles. The minimum Gasteiger partial charge on any atom is -0.383 e. The maximum Gasteiger partial charge on any atom is 0.311 e. The van der Waals surface area contributed by atoms with E-state index in [-0.39, 0.29) is 23.1 Å². The molecule has 1 aromatic rings. The molecule has 90 valence electrons. The Morgan fingerprint density at radius 3 is 2.76 bits per heavy atom. The normalized spacial score (nSPS) is 11.4. The molecule has 2 N–H and O–H groups in total. The van der Waals surface area contributed by atoms with Crippen LogP contribution in [0.1, 0.15) is 19.5 Å². The molecule has 0 bridgehead atoms. The van der Waals surface area contributed by atoms with Gasteiger partial charge in [-0.25, -0.2) is 0 Å². The van der Waals surface area contributed by atoms with E-state index in [4.69, 9.17) is 5.41 Å². The van der Waals surface area contributed by atoms with E-state index in [0.717, 1.165) is 0 Å². The maximum absolute atomic E-state index is 10.9. The Morgan fingerprint density at radius 1 is 1.59 bits per heavy atom. The zero-order valence-electron chi connectivity index (χ0n) is 9.68. The van der Waals surface area contributed by atoms with Gasteiger partial charge in [0.25, 0.3) is 0 Å². The largest absolute Gasteiger partial charge is 0.383 e. The van der Waals surface area contributed by atoms with Crippen LogP contribution in [0.2, 0.25) is 0 Å². The van der Waals surface area contributed by atoms with Crippen molar-refractivity contribution in [1.82, 2.24) is 10.3 Å². The fourth-order valence-corrected chi connectivity index (χ4v) is 1.10. The highest BCUT2D eigenvalue weighted by molar-refractivity contribution is 6.07. The number of pyridine rings is 1. The van der Waals surface area contributed by atoms with Crippen molar-refractivity contribution in [3.63, 3.8) is 0 Å². The molecule has 0 atom stereocenters. The minimum absolute atomic E-state index is 0.0708. The summed E-state index contributed by atoms with van der Waals surface area (Å²) in [4.78, 5) is 14.2. The van der Waals surface area contributed by atoms with Crippen molar-refractivity contribution in [3.8, 4) is 0 Å². The van der Waals surface area contributed by atoms with Crippen LogP contribution in [0.25, 0.3) is 0 Å². The fourth-order valence-electron chi connectivity index (χ4n) is 1.10. The molecular weight excluding hydrogens is 220 g/mol. The highest BCUT2D eigenvalue weighted by Crippen LogP contribution is 2.05. The molecule has 0 fully saturated rings. The lowest BCUT2D eigenvalue weighted by Gasteiger charge is -2.05. The van der Waals surface area contributed by atoms with Crippen LogP contribution in [-0.2, 0) is 0 Å². The van der Waals surface area contributed by atoms with Gasteiger partial charge in [-0.05, 0) is 26.0 Å². The first kappa shape index (κ1) is 12.8. The summed E-state index contributed by atoms with van der Waals surface area (Å²) in [5, 5.41) is 21.4. The van der Waals surface area contributed by atoms with Gasteiger partial charge in [-0.15, -0.1) is 0 Å². The summed E-state index contributed by atoms with van der Waals surface area (Å²) in [7, 11) is 0. The second-order valence-corrected chi connectivity index (χ2v) is 3.70. The van der Waals surface area contributed by atoms with Crippen LogP contribution in [-0.4, -0.2) is 21.7 Å². The summed E-state index contributed by atoms with van der Waals surface area (Å²) in [6.45, 7) is 3.72. The van der Waals surface area contributed by atoms with Crippen LogP contribution in [0.15, 0.2) is 36.3 Å². The highest BCUT2D eigenvalue weighted by Gasteiger charge is 2.20. The van der Waals surface area contributed by atoms with Crippen LogP contribution in [0.5, 0.6) is 0 Å². The zero-order chi connectivity index (χ0) is 12.8. The third kappa shape index (κ3) is 3.67.